The molecule has 1 amide bonds. The van der Waals surface area contributed by atoms with Gasteiger partial charge in [0.1, 0.15) is 5.54 Å². The Kier molecular flexibility index (Phi) is 7.34. The molecular formula is C12H27N3O. The van der Waals surface area contributed by atoms with Crippen LogP contribution in [0.2, 0.25) is 0 Å². The highest BCUT2D eigenvalue weighted by molar-refractivity contribution is 5.84. The van der Waals surface area contributed by atoms with Crippen LogP contribution in [0, 0.1) is 0 Å². The molecule has 0 spiro atoms. The van der Waals surface area contributed by atoms with Crippen molar-refractivity contribution in [2.24, 2.45) is 5.73 Å². The maximum Gasteiger partial charge on any atom is 0.238 e. The van der Waals surface area contributed by atoms with E-state index in [4.69, 9.17) is 5.73 Å². The molecular weight excluding hydrogens is 202 g/mol. The van der Waals surface area contributed by atoms with Crippen molar-refractivity contribution in [1.82, 2.24) is 10.2 Å². The van der Waals surface area contributed by atoms with Gasteiger partial charge in [0.05, 0.1) is 0 Å². The number of amides is 1. The standard InChI is InChI=1S/C12H27N3O/c1-5-8-14-12(4,11(13)16)10-15(7-3)9-6-2/h14H,5-10H2,1-4H3,(H2,13,16). The third-order valence-electron chi connectivity index (χ3n) is 2.84. The number of hydrogen-bond acceptors (Lipinski definition) is 3. The molecule has 0 heterocycles. The normalized spacial score (nSPS) is 15.1. The van der Waals surface area contributed by atoms with E-state index in [0.29, 0.717) is 6.54 Å². The molecule has 0 aliphatic heterocycles. The summed E-state index contributed by atoms with van der Waals surface area (Å²) in [5.41, 5.74) is 4.87. The average Bonchev–Trinajstić information content (AvgIpc) is 2.25. The van der Waals surface area contributed by atoms with Crippen LogP contribution in [0.4, 0.5) is 0 Å². The quantitative estimate of drug-likeness (QED) is 0.619. The van der Waals surface area contributed by atoms with Crippen LogP contribution in [0.3, 0.4) is 0 Å². The molecule has 0 aliphatic carbocycles. The van der Waals surface area contributed by atoms with Crippen LogP contribution in [-0.2, 0) is 4.79 Å². The van der Waals surface area contributed by atoms with Crippen LogP contribution in [0.1, 0.15) is 40.5 Å². The van der Waals surface area contributed by atoms with Crippen molar-refractivity contribution in [1.29, 1.82) is 0 Å². The Hall–Kier alpha value is -0.610. The smallest absolute Gasteiger partial charge is 0.238 e. The van der Waals surface area contributed by atoms with Gasteiger partial charge in [-0.05, 0) is 39.4 Å². The molecule has 1 atom stereocenters. The number of nitrogens with zero attached hydrogens (tertiary/aromatic N) is 1. The Morgan fingerprint density at radius 2 is 1.94 bits per heavy atom. The van der Waals surface area contributed by atoms with Gasteiger partial charge >= 0.3 is 0 Å². The summed E-state index contributed by atoms with van der Waals surface area (Å²) in [4.78, 5) is 13.8. The van der Waals surface area contributed by atoms with E-state index in [1.807, 2.05) is 6.92 Å². The van der Waals surface area contributed by atoms with Crippen LogP contribution >= 0.6 is 0 Å². The third-order valence-corrected chi connectivity index (χ3v) is 2.84. The first kappa shape index (κ1) is 15.4. The predicted molar refractivity (Wildman–Crippen MR) is 68.3 cm³/mol. The number of carbonyl (C=O) groups excluding carboxylic acids is 1. The molecule has 0 radical (unpaired) electrons. The molecule has 1 unspecified atom stereocenters. The molecule has 0 aromatic heterocycles. The Morgan fingerprint density at radius 1 is 1.31 bits per heavy atom. The van der Waals surface area contributed by atoms with Gasteiger partial charge in [0, 0.05) is 6.54 Å². The lowest BCUT2D eigenvalue weighted by Gasteiger charge is -2.33. The lowest BCUT2D eigenvalue weighted by Crippen LogP contribution is -2.59. The first-order chi connectivity index (χ1) is 7.50. The van der Waals surface area contributed by atoms with Gasteiger partial charge < -0.3 is 16.0 Å². The summed E-state index contributed by atoms with van der Waals surface area (Å²) >= 11 is 0. The molecule has 4 heteroatoms. The molecule has 0 saturated carbocycles. The highest BCUT2D eigenvalue weighted by Crippen LogP contribution is 2.07. The van der Waals surface area contributed by atoms with Gasteiger partial charge in [-0.25, -0.2) is 0 Å². The van der Waals surface area contributed by atoms with Crippen molar-refractivity contribution in [3.8, 4) is 0 Å². The number of primary amides is 1. The summed E-state index contributed by atoms with van der Waals surface area (Å²) in [6, 6.07) is 0. The fourth-order valence-electron chi connectivity index (χ4n) is 1.73. The highest BCUT2D eigenvalue weighted by atomic mass is 16.1. The minimum Gasteiger partial charge on any atom is -0.368 e. The fourth-order valence-corrected chi connectivity index (χ4v) is 1.73. The summed E-state index contributed by atoms with van der Waals surface area (Å²) in [6.45, 7) is 11.7. The molecule has 4 nitrogen and oxygen atoms in total. The van der Waals surface area contributed by atoms with Crippen LogP contribution in [0.15, 0.2) is 0 Å². The number of carbonyl (C=O) groups is 1. The van der Waals surface area contributed by atoms with Crippen molar-refractivity contribution in [3.63, 3.8) is 0 Å². The van der Waals surface area contributed by atoms with Gasteiger partial charge in [0.2, 0.25) is 5.91 Å². The lowest BCUT2D eigenvalue weighted by atomic mass is 10.0. The van der Waals surface area contributed by atoms with E-state index < -0.39 is 5.54 Å². The van der Waals surface area contributed by atoms with Gasteiger partial charge in [0.25, 0.3) is 0 Å². The molecule has 3 N–H and O–H groups in total. The molecule has 0 aromatic carbocycles. The maximum absolute atomic E-state index is 11.5. The largest absolute Gasteiger partial charge is 0.368 e. The van der Waals surface area contributed by atoms with Crippen LogP contribution in [-0.4, -0.2) is 42.5 Å². The molecule has 0 bridgehead atoms. The lowest BCUT2D eigenvalue weighted by molar-refractivity contribution is -0.124. The number of likely N-dealkylation sites (N-methyl/N-ethyl adjacent to an activating group) is 1. The SMILES string of the molecule is CCCNC(C)(CN(CC)CCC)C(N)=O. The van der Waals surface area contributed by atoms with Crippen molar-refractivity contribution < 1.29 is 4.79 Å². The molecule has 96 valence electrons. The maximum atomic E-state index is 11.5. The van der Waals surface area contributed by atoms with Crippen LogP contribution in [0.5, 0.6) is 0 Å². The van der Waals surface area contributed by atoms with E-state index in [1.54, 1.807) is 0 Å². The summed E-state index contributed by atoms with van der Waals surface area (Å²) in [6.07, 6.45) is 2.10. The Balaban J connectivity index is 4.45. The molecule has 16 heavy (non-hydrogen) atoms. The van der Waals surface area contributed by atoms with Crippen molar-refractivity contribution in [3.05, 3.63) is 0 Å². The summed E-state index contributed by atoms with van der Waals surface area (Å²) in [7, 11) is 0. The second-order valence-electron chi connectivity index (χ2n) is 4.49. The summed E-state index contributed by atoms with van der Waals surface area (Å²) in [5, 5.41) is 3.25. The summed E-state index contributed by atoms with van der Waals surface area (Å²) in [5.74, 6) is -0.268. The summed E-state index contributed by atoms with van der Waals surface area (Å²) < 4.78 is 0. The van der Waals surface area contributed by atoms with Crippen LogP contribution in [0.25, 0.3) is 0 Å². The first-order valence-electron chi connectivity index (χ1n) is 6.27. The minimum atomic E-state index is -0.610. The van der Waals surface area contributed by atoms with E-state index in [0.717, 1.165) is 32.5 Å². The average molecular weight is 229 g/mol. The Morgan fingerprint density at radius 3 is 2.31 bits per heavy atom. The van der Waals surface area contributed by atoms with Gasteiger partial charge in [-0.15, -0.1) is 0 Å². The second kappa shape index (κ2) is 7.63. The zero-order valence-electron chi connectivity index (χ0n) is 11.2. The van der Waals surface area contributed by atoms with Gasteiger partial charge in [-0.3, -0.25) is 4.79 Å². The Labute approximate surface area is 99.6 Å². The van der Waals surface area contributed by atoms with E-state index in [-0.39, 0.29) is 5.91 Å². The van der Waals surface area contributed by atoms with Crippen LogP contribution < -0.4 is 11.1 Å². The molecule has 0 aromatic rings. The molecule has 0 aliphatic rings. The predicted octanol–water partition coefficient (Wildman–Crippen LogP) is 0.962. The van der Waals surface area contributed by atoms with E-state index >= 15 is 0 Å². The van der Waals surface area contributed by atoms with Gasteiger partial charge in [0.15, 0.2) is 0 Å². The monoisotopic (exact) mass is 229 g/mol. The molecule has 0 saturated heterocycles. The fraction of sp³-hybridized carbons (Fsp3) is 0.917. The topological polar surface area (TPSA) is 58.4 Å². The second-order valence-corrected chi connectivity index (χ2v) is 4.49. The first-order valence-corrected chi connectivity index (χ1v) is 6.27. The van der Waals surface area contributed by atoms with E-state index in [1.165, 1.54) is 0 Å². The highest BCUT2D eigenvalue weighted by Gasteiger charge is 2.31. The third kappa shape index (κ3) is 4.94. The Bertz CT molecular complexity index is 208. The van der Waals surface area contributed by atoms with Gasteiger partial charge in [-0.2, -0.15) is 0 Å². The number of nitrogens with two attached hydrogens (primary N) is 1. The number of nitrogens with one attached hydrogen (secondary N) is 1. The molecule has 0 rings (SSSR count). The molecule has 0 fully saturated rings. The number of rotatable bonds is 9. The zero-order chi connectivity index (χ0) is 12.6. The van der Waals surface area contributed by atoms with Crippen molar-refractivity contribution >= 4 is 5.91 Å². The minimum absolute atomic E-state index is 0.268. The van der Waals surface area contributed by atoms with Crippen molar-refractivity contribution in [2.45, 2.75) is 46.1 Å². The van der Waals surface area contributed by atoms with Crippen molar-refractivity contribution in [2.75, 3.05) is 26.2 Å². The van der Waals surface area contributed by atoms with E-state index in [2.05, 4.69) is 31.0 Å². The zero-order valence-corrected chi connectivity index (χ0v) is 11.2. The van der Waals surface area contributed by atoms with Gasteiger partial charge in [-0.1, -0.05) is 20.8 Å². The number of hydrogen-bond donors (Lipinski definition) is 2. The van der Waals surface area contributed by atoms with E-state index in [9.17, 15) is 4.79 Å².